The first-order chi connectivity index (χ1) is 19.3. The van der Waals surface area contributed by atoms with E-state index in [-0.39, 0.29) is 17.7 Å². The average molecular weight is 558 g/mol. The highest BCUT2D eigenvalue weighted by molar-refractivity contribution is 6.04. The molecule has 0 aromatic heterocycles. The van der Waals surface area contributed by atoms with Gasteiger partial charge in [-0.3, -0.25) is 14.4 Å². The fourth-order valence-corrected chi connectivity index (χ4v) is 4.79. The van der Waals surface area contributed by atoms with Gasteiger partial charge in [0.15, 0.2) is 0 Å². The quantitative estimate of drug-likeness (QED) is 0.119. The number of rotatable bonds is 23. The summed E-state index contributed by atoms with van der Waals surface area (Å²) in [4.78, 5) is 39.0. The van der Waals surface area contributed by atoms with Crippen molar-refractivity contribution in [3.05, 3.63) is 34.9 Å². The summed E-state index contributed by atoms with van der Waals surface area (Å²) in [7, 11) is 0. The molecule has 0 heterocycles. The lowest BCUT2D eigenvalue weighted by molar-refractivity contribution is 0.0947. The van der Waals surface area contributed by atoms with E-state index in [1.807, 2.05) is 0 Å². The molecule has 1 aromatic rings. The van der Waals surface area contributed by atoms with Crippen LogP contribution in [0.1, 0.15) is 162 Å². The van der Waals surface area contributed by atoms with Crippen LogP contribution in [-0.4, -0.2) is 37.4 Å². The van der Waals surface area contributed by atoms with Gasteiger partial charge >= 0.3 is 0 Å². The molecule has 40 heavy (non-hydrogen) atoms. The fraction of sp³-hybridized carbons (Fsp3) is 0.735. The number of hydrogen-bond acceptors (Lipinski definition) is 3. The first-order valence-electron chi connectivity index (χ1n) is 16.3. The van der Waals surface area contributed by atoms with Crippen molar-refractivity contribution in [1.29, 1.82) is 0 Å². The van der Waals surface area contributed by atoms with Crippen LogP contribution in [0.25, 0.3) is 0 Å². The van der Waals surface area contributed by atoms with Crippen LogP contribution in [0.15, 0.2) is 18.2 Å². The minimum absolute atomic E-state index is 0.241. The zero-order valence-corrected chi connectivity index (χ0v) is 26.3. The Morgan fingerprint density at radius 2 is 0.950 bits per heavy atom. The van der Waals surface area contributed by atoms with Gasteiger partial charge < -0.3 is 16.0 Å². The maximum Gasteiger partial charge on any atom is 0.251 e. The minimum atomic E-state index is -0.244. The summed E-state index contributed by atoms with van der Waals surface area (Å²) in [6.45, 7) is 12.8. The summed E-state index contributed by atoms with van der Waals surface area (Å²) < 4.78 is 0. The maximum atomic E-state index is 13.1. The minimum Gasteiger partial charge on any atom is -0.352 e. The maximum absolute atomic E-state index is 13.1. The molecular formula is C34H59N3O3. The van der Waals surface area contributed by atoms with E-state index >= 15 is 0 Å². The second-order valence-electron chi connectivity index (χ2n) is 12.0. The molecule has 0 fully saturated rings. The Kier molecular flexibility index (Phi) is 19.9. The molecule has 6 heteroatoms. The molecule has 0 bridgehead atoms. The molecule has 0 radical (unpaired) electrons. The van der Waals surface area contributed by atoms with Crippen LogP contribution in [0.5, 0.6) is 0 Å². The van der Waals surface area contributed by atoms with Crippen LogP contribution in [0.4, 0.5) is 0 Å². The van der Waals surface area contributed by atoms with Crippen molar-refractivity contribution < 1.29 is 14.4 Å². The summed E-state index contributed by atoms with van der Waals surface area (Å²) in [5.74, 6) is 0.325. The van der Waals surface area contributed by atoms with Gasteiger partial charge in [0, 0.05) is 36.3 Å². The van der Waals surface area contributed by atoms with Gasteiger partial charge in [0.1, 0.15) is 0 Å². The standard InChI is InChI=1S/C34H59N3O3/c1-6-8-10-12-14-16-21-35-32(38)29-23-30(33(39)36-22-17-15-13-11-9-7-2)25-31(24-29)34(40)37-26-28(5)20-18-19-27(3)4/h23-25,27-28H,6-22,26H2,1-5H3,(H,35,38)(H,36,39)(H,37,40)/t28-/m0/s1. The number of unbranched alkanes of at least 4 members (excludes halogenated alkanes) is 10. The van der Waals surface area contributed by atoms with E-state index in [4.69, 9.17) is 0 Å². The Labute approximate surface area is 245 Å². The third-order valence-corrected chi connectivity index (χ3v) is 7.44. The van der Waals surface area contributed by atoms with E-state index in [9.17, 15) is 14.4 Å². The third-order valence-electron chi connectivity index (χ3n) is 7.44. The van der Waals surface area contributed by atoms with Gasteiger partial charge in [-0.25, -0.2) is 0 Å². The summed E-state index contributed by atoms with van der Waals surface area (Å²) >= 11 is 0. The average Bonchev–Trinajstić information content (AvgIpc) is 2.94. The molecule has 3 N–H and O–H groups in total. The largest absolute Gasteiger partial charge is 0.352 e. The number of hydrogen-bond donors (Lipinski definition) is 3. The van der Waals surface area contributed by atoms with Gasteiger partial charge in [0.05, 0.1) is 0 Å². The van der Waals surface area contributed by atoms with Crippen LogP contribution in [0.2, 0.25) is 0 Å². The topological polar surface area (TPSA) is 87.3 Å². The van der Waals surface area contributed by atoms with Crippen molar-refractivity contribution in [2.75, 3.05) is 19.6 Å². The molecule has 3 amide bonds. The molecule has 228 valence electrons. The van der Waals surface area contributed by atoms with Crippen LogP contribution < -0.4 is 16.0 Å². The third kappa shape index (κ3) is 16.7. The predicted octanol–water partition coefficient (Wildman–Crippen LogP) is 8.06. The monoisotopic (exact) mass is 557 g/mol. The molecule has 0 saturated carbocycles. The highest BCUT2D eigenvalue weighted by Gasteiger charge is 2.17. The van der Waals surface area contributed by atoms with E-state index in [1.54, 1.807) is 18.2 Å². The Bertz CT molecular complexity index is 805. The van der Waals surface area contributed by atoms with Crippen LogP contribution >= 0.6 is 0 Å². The molecule has 0 unspecified atom stereocenters. The zero-order chi connectivity index (χ0) is 29.6. The van der Waals surface area contributed by atoms with E-state index in [0.29, 0.717) is 48.2 Å². The second kappa shape index (κ2) is 22.3. The molecular weight excluding hydrogens is 498 g/mol. The first kappa shape index (κ1) is 35.7. The zero-order valence-electron chi connectivity index (χ0n) is 26.3. The SMILES string of the molecule is CCCCCCCCNC(=O)c1cc(C(=O)NCCCCCCCC)cc(C(=O)NC[C@@H](C)CCCC(C)C)c1. The summed E-state index contributed by atoms with van der Waals surface area (Å²) in [5.41, 5.74) is 1.06. The van der Waals surface area contributed by atoms with Gasteiger partial charge in [-0.1, -0.05) is 112 Å². The van der Waals surface area contributed by atoms with Gasteiger partial charge in [0.25, 0.3) is 17.7 Å². The number of carbonyl (C=O) groups excluding carboxylic acids is 3. The van der Waals surface area contributed by atoms with E-state index in [0.717, 1.165) is 38.5 Å². The number of amides is 3. The van der Waals surface area contributed by atoms with Gasteiger partial charge in [-0.2, -0.15) is 0 Å². The Balaban J connectivity index is 2.80. The lowest BCUT2D eigenvalue weighted by Crippen LogP contribution is -2.30. The predicted molar refractivity (Wildman–Crippen MR) is 168 cm³/mol. The van der Waals surface area contributed by atoms with Crippen LogP contribution in [0.3, 0.4) is 0 Å². The van der Waals surface area contributed by atoms with E-state index in [2.05, 4.69) is 50.6 Å². The molecule has 0 aliphatic heterocycles. The van der Waals surface area contributed by atoms with Crippen molar-refractivity contribution in [3.8, 4) is 0 Å². The van der Waals surface area contributed by atoms with Crippen molar-refractivity contribution in [3.63, 3.8) is 0 Å². The van der Waals surface area contributed by atoms with Crippen LogP contribution in [0, 0.1) is 11.8 Å². The molecule has 1 atom stereocenters. The molecule has 0 spiro atoms. The number of benzene rings is 1. The summed E-state index contributed by atoms with van der Waals surface area (Å²) in [6, 6.07) is 4.83. The highest BCUT2D eigenvalue weighted by atomic mass is 16.2. The van der Waals surface area contributed by atoms with Gasteiger partial charge in [-0.05, 0) is 49.3 Å². The smallest absolute Gasteiger partial charge is 0.251 e. The highest BCUT2D eigenvalue weighted by Crippen LogP contribution is 2.14. The Hall–Kier alpha value is -2.37. The number of carbonyl (C=O) groups is 3. The lowest BCUT2D eigenvalue weighted by Gasteiger charge is -2.15. The molecule has 6 nitrogen and oxygen atoms in total. The van der Waals surface area contributed by atoms with E-state index < -0.39 is 0 Å². The molecule has 0 aliphatic carbocycles. The van der Waals surface area contributed by atoms with Crippen molar-refractivity contribution in [2.24, 2.45) is 11.8 Å². The number of nitrogens with one attached hydrogen (secondary N) is 3. The van der Waals surface area contributed by atoms with Crippen molar-refractivity contribution >= 4 is 17.7 Å². The summed E-state index contributed by atoms with van der Waals surface area (Å²) in [6.07, 6.45) is 17.2. The second-order valence-corrected chi connectivity index (χ2v) is 12.0. The van der Waals surface area contributed by atoms with Gasteiger partial charge in [0.2, 0.25) is 0 Å². The fourth-order valence-electron chi connectivity index (χ4n) is 4.79. The Morgan fingerprint density at radius 1 is 0.550 bits per heavy atom. The first-order valence-corrected chi connectivity index (χ1v) is 16.3. The molecule has 1 rings (SSSR count). The van der Waals surface area contributed by atoms with Crippen molar-refractivity contribution in [2.45, 2.75) is 131 Å². The Morgan fingerprint density at radius 3 is 1.38 bits per heavy atom. The lowest BCUT2D eigenvalue weighted by atomic mass is 9.99. The van der Waals surface area contributed by atoms with Crippen LogP contribution in [-0.2, 0) is 0 Å². The van der Waals surface area contributed by atoms with E-state index in [1.165, 1.54) is 57.8 Å². The van der Waals surface area contributed by atoms with Crippen molar-refractivity contribution in [1.82, 2.24) is 16.0 Å². The normalized spacial score (nSPS) is 11.8. The molecule has 0 saturated heterocycles. The molecule has 0 aliphatic rings. The molecule has 1 aromatic carbocycles. The summed E-state index contributed by atoms with van der Waals surface area (Å²) in [5, 5.41) is 8.98. The van der Waals surface area contributed by atoms with Gasteiger partial charge in [-0.15, -0.1) is 0 Å².